The third-order valence-electron chi connectivity index (χ3n) is 2.62. The van der Waals surface area contributed by atoms with Gasteiger partial charge in [0.1, 0.15) is 6.10 Å². The second kappa shape index (κ2) is 11.7. The third-order valence-corrected chi connectivity index (χ3v) is 2.62. The summed E-state index contributed by atoms with van der Waals surface area (Å²) < 4.78 is 0. The van der Waals surface area contributed by atoms with Crippen LogP contribution in [0.15, 0.2) is 54.9 Å². The Labute approximate surface area is 137 Å². The first kappa shape index (κ1) is 23.4. The Morgan fingerprint density at radius 1 is 0.875 bits per heavy atom. The molecular weight excluding hydrogens is 322 g/mol. The summed E-state index contributed by atoms with van der Waals surface area (Å²) >= 11 is 0. The van der Waals surface area contributed by atoms with Crippen LogP contribution in [-0.4, -0.2) is 50.4 Å². The van der Waals surface area contributed by atoms with E-state index in [0.717, 1.165) is 0 Å². The third kappa shape index (κ3) is 7.42. The van der Waals surface area contributed by atoms with E-state index < -0.39 is 24.1 Å². The zero-order valence-corrected chi connectivity index (χ0v) is 12.4. The van der Waals surface area contributed by atoms with E-state index in [2.05, 4.69) is 29.2 Å². The lowest BCUT2D eigenvalue weighted by molar-refractivity contribution is -0.377. The number of aliphatic carboxylic acids is 2. The average molecular weight is 341 g/mol. The Kier molecular flexibility index (Phi) is 11.4. The lowest BCUT2D eigenvalue weighted by Crippen LogP contribution is -2.46. The van der Waals surface area contributed by atoms with Gasteiger partial charge in [0.15, 0.2) is 18.5 Å². The van der Waals surface area contributed by atoms with Crippen LogP contribution in [0, 0.1) is 0 Å². The molecule has 0 aliphatic rings. The van der Waals surface area contributed by atoms with E-state index in [1.165, 1.54) is 11.1 Å². The van der Waals surface area contributed by atoms with E-state index in [9.17, 15) is 14.7 Å². The highest BCUT2D eigenvalue weighted by Gasteiger charge is 2.23. The molecule has 1 heterocycles. The number of hydrogen-bond donors (Lipinski definition) is 3. The number of nitrogens with one attached hydrogen (secondary N) is 1. The summed E-state index contributed by atoms with van der Waals surface area (Å²) in [4.78, 5) is 22.4. The van der Waals surface area contributed by atoms with Crippen molar-refractivity contribution in [3.8, 4) is 11.1 Å². The normalized spacial score (nSPS) is 11.4. The monoisotopic (exact) mass is 341 g/mol. The Morgan fingerprint density at radius 2 is 1.33 bits per heavy atom. The van der Waals surface area contributed by atoms with Crippen molar-refractivity contribution < 1.29 is 46.0 Å². The molecule has 0 bridgehead atoms. The fraction of sp³-hybridized carbons (Fsp3) is 0.133. The maximum atomic E-state index is 9.74. The lowest BCUT2D eigenvalue weighted by Gasteiger charge is -2.13. The molecule has 0 saturated heterocycles. The molecule has 8 N–H and O–H groups in total. The van der Waals surface area contributed by atoms with Gasteiger partial charge in [0.2, 0.25) is 0 Å². The Hall–Kier alpha value is -2.85. The summed E-state index contributed by atoms with van der Waals surface area (Å²) in [6, 6.07) is 14.5. The molecule has 0 aliphatic carbocycles. The first-order valence-corrected chi connectivity index (χ1v) is 6.25. The zero-order chi connectivity index (χ0) is 16.5. The summed E-state index contributed by atoms with van der Waals surface area (Å²) in [5.41, 5.74) is 2.50. The van der Waals surface area contributed by atoms with Crippen LogP contribution >= 0.6 is 0 Å². The van der Waals surface area contributed by atoms with Crippen LogP contribution in [0.5, 0.6) is 0 Å². The summed E-state index contributed by atoms with van der Waals surface area (Å²) in [7, 11) is 0. The number of pyridine rings is 1. The molecule has 0 saturated carbocycles. The molecular formula is C15H19NO8. The molecule has 1 aromatic heterocycles. The highest BCUT2D eigenvalue weighted by Crippen LogP contribution is 2.15. The molecule has 0 aliphatic heterocycles. The molecule has 0 spiro atoms. The van der Waals surface area contributed by atoms with E-state index >= 15 is 0 Å². The van der Waals surface area contributed by atoms with Gasteiger partial charge in [-0.2, -0.15) is 0 Å². The number of aromatic nitrogens is 1. The number of hydrogen-bond acceptors (Lipinski definition) is 5. The van der Waals surface area contributed by atoms with Crippen molar-refractivity contribution in [1.29, 1.82) is 0 Å². The fourth-order valence-corrected chi connectivity index (χ4v) is 1.47. The number of aromatic amines is 1. The Balaban J connectivity index is 0. The second-order valence-electron chi connectivity index (χ2n) is 4.20. The molecule has 24 heavy (non-hydrogen) atoms. The van der Waals surface area contributed by atoms with Crippen molar-refractivity contribution in [3.05, 3.63) is 54.9 Å². The molecule has 0 radical (unpaired) electrons. The van der Waals surface area contributed by atoms with E-state index in [1.54, 1.807) is 0 Å². The molecule has 2 rings (SSSR count). The van der Waals surface area contributed by atoms with Gasteiger partial charge in [-0.15, -0.1) is 0 Å². The standard InChI is InChI=1S/C11H9N.C4H6O6.2H2O/c1-2-4-10(5-3-1)11-6-8-12-9-7-11;5-1(3(7)8)2(6)4(9)10;;/h1-9H;1-2,5-6H,(H,7,8)(H,9,10);2*1H2/t;1-,2-;;/m.0../s1. The number of aliphatic hydroxyl groups excluding tert-OH is 2. The van der Waals surface area contributed by atoms with Crippen molar-refractivity contribution in [2.45, 2.75) is 12.2 Å². The largest absolute Gasteiger partial charge is 0.547 e. The average Bonchev–Trinajstić information content (AvgIpc) is 2.55. The van der Waals surface area contributed by atoms with Crippen LogP contribution in [-0.2, 0) is 9.59 Å². The van der Waals surface area contributed by atoms with Crippen molar-refractivity contribution in [3.63, 3.8) is 0 Å². The first-order valence-electron chi connectivity index (χ1n) is 6.25. The number of benzene rings is 1. The van der Waals surface area contributed by atoms with Crippen LogP contribution in [0.3, 0.4) is 0 Å². The minimum atomic E-state index is -2.38. The molecule has 2 aromatic rings. The van der Waals surface area contributed by atoms with E-state index in [-0.39, 0.29) is 11.0 Å². The number of carboxylic acids is 2. The Bertz CT molecular complexity index is 550. The number of carbonyl (C=O) groups excluding carboxylic acids is 1. The van der Waals surface area contributed by atoms with Crippen LogP contribution in [0.2, 0.25) is 0 Å². The van der Waals surface area contributed by atoms with Gasteiger partial charge < -0.3 is 36.2 Å². The van der Waals surface area contributed by atoms with Crippen molar-refractivity contribution in [2.75, 3.05) is 0 Å². The quantitative estimate of drug-likeness (QED) is 0.531. The van der Waals surface area contributed by atoms with Crippen molar-refractivity contribution in [2.24, 2.45) is 0 Å². The number of carbonyl (C=O) groups is 2. The highest BCUT2D eigenvalue weighted by molar-refractivity contribution is 5.82. The number of rotatable bonds is 4. The minimum absolute atomic E-state index is 0. The van der Waals surface area contributed by atoms with Gasteiger partial charge in [0.25, 0.3) is 0 Å². The Morgan fingerprint density at radius 3 is 1.71 bits per heavy atom. The van der Waals surface area contributed by atoms with Gasteiger partial charge in [-0.05, 0) is 11.1 Å². The molecule has 9 nitrogen and oxygen atoms in total. The van der Waals surface area contributed by atoms with Gasteiger partial charge in [0, 0.05) is 12.1 Å². The molecule has 0 amide bonds. The van der Waals surface area contributed by atoms with Gasteiger partial charge in [-0.1, -0.05) is 30.3 Å². The maximum absolute atomic E-state index is 9.74. The summed E-state index contributed by atoms with van der Waals surface area (Å²) in [5, 5.41) is 34.1. The van der Waals surface area contributed by atoms with Gasteiger partial charge in [-0.3, -0.25) is 0 Å². The predicted octanol–water partition coefficient (Wildman–Crippen LogP) is -2.94. The van der Waals surface area contributed by atoms with E-state index in [1.807, 2.05) is 30.6 Å². The highest BCUT2D eigenvalue weighted by atomic mass is 16.4. The molecule has 9 heteroatoms. The van der Waals surface area contributed by atoms with Gasteiger partial charge in [-0.25, -0.2) is 9.78 Å². The molecule has 0 unspecified atom stereocenters. The van der Waals surface area contributed by atoms with Crippen LogP contribution in [0.1, 0.15) is 0 Å². The van der Waals surface area contributed by atoms with Crippen LogP contribution in [0.25, 0.3) is 11.1 Å². The van der Waals surface area contributed by atoms with Gasteiger partial charge >= 0.3 is 5.97 Å². The zero-order valence-electron chi connectivity index (χ0n) is 12.4. The number of H-pyrrole nitrogens is 1. The molecule has 132 valence electrons. The predicted molar refractivity (Wildman–Crippen MR) is 80.3 cm³/mol. The van der Waals surface area contributed by atoms with E-state index in [4.69, 9.17) is 15.3 Å². The van der Waals surface area contributed by atoms with E-state index in [0.29, 0.717) is 0 Å². The maximum Gasteiger partial charge on any atom is 0.335 e. The summed E-state index contributed by atoms with van der Waals surface area (Å²) in [5.74, 6) is -3.83. The SMILES string of the molecule is O.O.O=C([O-])[C@@H](O)[C@H](O)C(=O)O.c1ccc(-c2cc[nH+]cc2)cc1. The summed E-state index contributed by atoms with van der Waals surface area (Å²) in [6.45, 7) is 0. The first-order chi connectivity index (χ1) is 10.4. The molecule has 0 fully saturated rings. The minimum Gasteiger partial charge on any atom is -0.547 e. The van der Waals surface area contributed by atoms with Crippen LogP contribution in [0.4, 0.5) is 0 Å². The summed E-state index contributed by atoms with van der Waals surface area (Å²) in [6.07, 6.45) is -0.840. The van der Waals surface area contributed by atoms with Gasteiger partial charge in [0.05, 0.1) is 5.97 Å². The van der Waals surface area contributed by atoms with Crippen molar-refractivity contribution >= 4 is 11.9 Å². The second-order valence-corrected chi connectivity index (χ2v) is 4.20. The van der Waals surface area contributed by atoms with Crippen molar-refractivity contribution in [1.82, 2.24) is 0 Å². The molecule has 1 aromatic carbocycles. The smallest absolute Gasteiger partial charge is 0.335 e. The number of aliphatic hydroxyl groups is 2. The van der Waals surface area contributed by atoms with Crippen LogP contribution < -0.4 is 10.1 Å². The topological polar surface area (TPSA) is 195 Å². The lowest BCUT2D eigenvalue weighted by atomic mass is 10.1. The number of carboxylic acid groups (broad SMARTS) is 2. The fourth-order valence-electron chi connectivity index (χ4n) is 1.47. The molecule has 2 atom stereocenters.